The van der Waals surface area contributed by atoms with Gasteiger partial charge in [0.25, 0.3) is 11.8 Å². The van der Waals surface area contributed by atoms with Gasteiger partial charge in [0.2, 0.25) is 17.7 Å². The molecule has 0 bridgehead atoms. The minimum atomic E-state index is -1.22. The molecule has 2 heterocycles. The number of urea groups is 1. The molecule has 7 amide bonds. The molecule has 0 radical (unpaired) electrons. The monoisotopic (exact) mass is 1050 g/mol. The fourth-order valence-corrected chi connectivity index (χ4v) is 13.1. The predicted molar refractivity (Wildman–Crippen MR) is 279 cm³/mol. The van der Waals surface area contributed by atoms with E-state index >= 15 is 0 Å². The molecule has 76 heavy (non-hydrogen) atoms. The summed E-state index contributed by atoms with van der Waals surface area (Å²) in [7, 11) is 0. The second kappa shape index (κ2) is 25.0. The van der Waals surface area contributed by atoms with E-state index in [4.69, 9.17) is 19.9 Å². The maximum atomic E-state index is 14.7. The number of nitrogens with zero attached hydrogens (tertiary/aromatic N) is 1. The van der Waals surface area contributed by atoms with Crippen molar-refractivity contribution < 1.29 is 62.5 Å². The number of Topliss-reactive ketones (excluding diaryl/α,β-unsaturated/α-hetero) is 1. The molecule has 4 fully saturated rings. The Balaban J connectivity index is 0.874. The Labute approximate surface area is 445 Å². The first-order chi connectivity index (χ1) is 36.2. The first-order valence-electron chi connectivity index (χ1n) is 27.4. The van der Waals surface area contributed by atoms with Gasteiger partial charge in [-0.15, -0.1) is 0 Å². The number of amides is 7. The van der Waals surface area contributed by atoms with Crippen molar-refractivity contribution in [2.45, 2.75) is 180 Å². The van der Waals surface area contributed by atoms with Crippen molar-refractivity contribution in [2.24, 2.45) is 40.2 Å². The molecule has 2 aliphatic heterocycles. The van der Waals surface area contributed by atoms with E-state index < -0.39 is 70.8 Å². The number of rotatable bonds is 26. The average Bonchev–Trinajstić information content (AvgIpc) is 4.01. The minimum Gasteiger partial charge on any atom is -0.461 e. The van der Waals surface area contributed by atoms with Crippen molar-refractivity contribution in [3.8, 4) is 0 Å². The number of benzene rings is 1. The Morgan fingerprint density at radius 2 is 1.61 bits per heavy atom. The lowest BCUT2D eigenvalue weighted by molar-refractivity contribution is -0.199. The van der Waals surface area contributed by atoms with Crippen molar-refractivity contribution in [3.63, 3.8) is 0 Å². The number of fused-ring (bicyclic) bond motifs is 7. The van der Waals surface area contributed by atoms with E-state index in [0.29, 0.717) is 69.0 Å². The third-order valence-corrected chi connectivity index (χ3v) is 16.9. The topological polar surface area (TPSA) is 279 Å². The van der Waals surface area contributed by atoms with Crippen molar-refractivity contribution >= 4 is 58.8 Å². The Morgan fingerprint density at radius 3 is 2.30 bits per heavy atom. The Bertz CT molecular complexity index is 2450. The number of anilines is 1. The van der Waals surface area contributed by atoms with E-state index in [1.54, 1.807) is 50.3 Å². The fourth-order valence-electron chi connectivity index (χ4n) is 13.1. The van der Waals surface area contributed by atoms with Gasteiger partial charge in [-0.25, -0.2) is 4.79 Å². The first kappa shape index (κ1) is 57.7. The molecule has 11 atom stereocenters. The predicted octanol–water partition coefficient (Wildman–Crippen LogP) is 5.53. The van der Waals surface area contributed by atoms with Gasteiger partial charge < -0.3 is 46.3 Å². The van der Waals surface area contributed by atoms with Crippen LogP contribution in [0.15, 0.2) is 60.2 Å². The van der Waals surface area contributed by atoms with Crippen LogP contribution in [0.4, 0.5) is 10.5 Å². The van der Waals surface area contributed by atoms with Crippen LogP contribution in [0.25, 0.3) is 0 Å². The highest BCUT2D eigenvalue weighted by Gasteiger charge is 2.75. The van der Waals surface area contributed by atoms with Gasteiger partial charge >= 0.3 is 12.0 Å². The number of aliphatic hydroxyl groups excluding tert-OH is 1. The molecule has 19 heteroatoms. The number of hydrogen-bond donors (Lipinski definition) is 6. The van der Waals surface area contributed by atoms with Crippen molar-refractivity contribution in [2.75, 3.05) is 18.4 Å². The average molecular weight is 1060 g/mol. The summed E-state index contributed by atoms with van der Waals surface area (Å²) in [6.07, 6.45) is 13.4. The molecule has 0 aromatic heterocycles. The number of ketones is 2. The number of primary amides is 1. The van der Waals surface area contributed by atoms with Gasteiger partial charge in [-0.05, 0) is 118 Å². The maximum Gasteiger partial charge on any atom is 0.312 e. The molecule has 4 aliphatic carbocycles. The number of nitrogens with two attached hydrogens (primary N) is 1. The number of imide groups is 1. The molecule has 7 rings (SSSR count). The summed E-state index contributed by atoms with van der Waals surface area (Å²) >= 11 is 0. The SMILES string of the molecule is CCCC1O[C@@H]2C[C@H]3[C@@H]4CCC5=CC(=O)C=C[C@]5(C)[C@H]4[C@@H](O)C[C@]3(C)[C@]2(C(=O)CCCCC(=O)OCc2ccc(NC(=O)[C@H](CCCNC(N)=O)NC(=O)[C@@H](NC(=O)CCCCCN3C(=O)C=CC3=O)C(C)C)cc2)O1. The molecule has 3 saturated carbocycles. The van der Waals surface area contributed by atoms with Gasteiger partial charge in [0.05, 0.1) is 12.2 Å². The molecule has 414 valence electrons. The molecule has 0 spiro atoms. The number of unbranched alkanes of at least 4 members (excludes halogenated alkanes) is 3. The largest absolute Gasteiger partial charge is 0.461 e. The normalized spacial score (nSPS) is 28.9. The zero-order chi connectivity index (χ0) is 55.0. The van der Waals surface area contributed by atoms with Crippen LogP contribution < -0.4 is 27.0 Å². The van der Waals surface area contributed by atoms with Gasteiger partial charge in [0.1, 0.15) is 18.7 Å². The molecule has 6 aliphatic rings. The Hall–Kier alpha value is -6.05. The lowest BCUT2D eigenvalue weighted by Crippen LogP contribution is -2.63. The van der Waals surface area contributed by atoms with Gasteiger partial charge in [-0.2, -0.15) is 0 Å². The summed E-state index contributed by atoms with van der Waals surface area (Å²) in [4.78, 5) is 116. The molecule has 1 saturated heterocycles. The van der Waals surface area contributed by atoms with Crippen molar-refractivity contribution in [1.29, 1.82) is 0 Å². The number of nitrogens with one attached hydrogen (secondary N) is 4. The molecule has 1 aromatic carbocycles. The van der Waals surface area contributed by atoms with E-state index in [1.807, 2.05) is 13.0 Å². The zero-order valence-electron chi connectivity index (χ0n) is 44.7. The van der Waals surface area contributed by atoms with Crippen LogP contribution in [0.2, 0.25) is 0 Å². The lowest BCUT2D eigenvalue weighted by Gasteiger charge is -2.59. The van der Waals surface area contributed by atoms with Crippen LogP contribution in [0.3, 0.4) is 0 Å². The summed E-state index contributed by atoms with van der Waals surface area (Å²) < 4.78 is 19.0. The van der Waals surface area contributed by atoms with Crippen LogP contribution in [0.5, 0.6) is 0 Å². The first-order valence-corrected chi connectivity index (χ1v) is 27.4. The van der Waals surface area contributed by atoms with Crippen molar-refractivity contribution in [1.82, 2.24) is 20.9 Å². The van der Waals surface area contributed by atoms with E-state index in [2.05, 4.69) is 35.1 Å². The van der Waals surface area contributed by atoms with Crippen LogP contribution in [-0.4, -0.2) is 112 Å². The fraction of sp³-hybridized carbons (Fsp3) is 0.632. The number of esters is 1. The lowest BCUT2D eigenvalue weighted by atomic mass is 9.46. The van der Waals surface area contributed by atoms with Crippen LogP contribution in [0, 0.1) is 34.5 Å². The number of aliphatic hydroxyl groups is 1. The number of ether oxygens (including phenoxy) is 3. The van der Waals surface area contributed by atoms with E-state index in [0.717, 1.165) is 29.7 Å². The van der Waals surface area contributed by atoms with Crippen molar-refractivity contribution in [3.05, 3.63) is 65.8 Å². The second-order valence-corrected chi connectivity index (χ2v) is 22.4. The molecule has 19 nitrogen and oxygen atoms in total. The highest BCUT2D eigenvalue weighted by molar-refractivity contribution is 6.12. The highest BCUT2D eigenvalue weighted by atomic mass is 16.7. The number of carbonyl (C=O) groups excluding carboxylic acids is 9. The van der Waals surface area contributed by atoms with Gasteiger partial charge in [-0.1, -0.05) is 71.2 Å². The van der Waals surface area contributed by atoms with Crippen LogP contribution in [-0.2, 0) is 59.2 Å². The highest BCUT2D eigenvalue weighted by Crippen LogP contribution is 2.70. The zero-order valence-corrected chi connectivity index (χ0v) is 44.7. The Kier molecular flexibility index (Phi) is 18.9. The molecular formula is C57H78N6O13. The third-order valence-electron chi connectivity index (χ3n) is 16.9. The standard InChI is InChI=1S/C57H78N6O13/c1-6-13-49-75-44-31-40-39-23-20-36-30-38(64)26-27-55(36,4)50(39)42(65)32-56(40,5)57(44,76-49)43(66)15-9-10-17-48(70)74-33-35-18-21-37(22-19-35)60-52(71)41(14-12-28-59-54(58)73)61-53(72)51(34(2)3)62-45(67)16-8-7-11-29-63-46(68)24-25-47(63)69/h18-19,21-22,24-27,30,34,39-42,44,49-51,65H,6-17,20,23,28-29,31-33H2,1-5H3,(H,60,71)(H,61,72)(H,62,67)(H3,58,59,73)/t39-,40-,41-,42-,44+,49?,50+,51-,55-,56-,57+/m0/s1. The summed E-state index contributed by atoms with van der Waals surface area (Å²) in [5, 5.41) is 22.9. The molecule has 1 unspecified atom stereocenters. The third kappa shape index (κ3) is 12.7. The minimum absolute atomic E-state index is 0.0193. The number of carbonyl (C=O) groups is 9. The van der Waals surface area contributed by atoms with Gasteiger partial charge in [0, 0.05) is 66.9 Å². The Morgan fingerprint density at radius 1 is 0.895 bits per heavy atom. The number of hydrogen-bond acceptors (Lipinski definition) is 13. The maximum absolute atomic E-state index is 14.7. The summed E-state index contributed by atoms with van der Waals surface area (Å²) in [5.41, 5.74) is 5.02. The second-order valence-electron chi connectivity index (χ2n) is 22.4. The summed E-state index contributed by atoms with van der Waals surface area (Å²) in [5.74, 6) is -2.93. The quantitative estimate of drug-likeness (QED) is 0.0379. The van der Waals surface area contributed by atoms with Crippen LogP contribution in [0.1, 0.15) is 143 Å². The molecular weight excluding hydrogens is 977 g/mol. The van der Waals surface area contributed by atoms with E-state index in [-0.39, 0.29) is 98.3 Å². The van der Waals surface area contributed by atoms with E-state index in [1.165, 1.54) is 12.2 Å². The smallest absolute Gasteiger partial charge is 0.312 e. The van der Waals surface area contributed by atoms with E-state index in [9.17, 15) is 48.3 Å². The summed E-state index contributed by atoms with van der Waals surface area (Å²) in [6.45, 7) is 10.2. The van der Waals surface area contributed by atoms with Gasteiger partial charge in [0.15, 0.2) is 23.5 Å². The number of allylic oxidation sites excluding steroid dienone is 4. The van der Waals surface area contributed by atoms with Gasteiger partial charge in [-0.3, -0.25) is 43.3 Å². The molecule has 1 aromatic rings. The molecule has 7 N–H and O–H groups in total. The summed E-state index contributed by atoms with van der Waals surface area (Å²) in [6, 6.07) is 3.92. The van der Waals surface area contributed by atoms with Crippen LogP contribution >= 0.6 is 0 Å².